The first-order valence-corrected chi connectivity index (χ1v) is 14.1. The molecule has 0 saturated carbocycles. The monoisotopic (exact) mass is 517 g/mol. The van der Waals surface area contributed by atoms with Crippen molar-refractivity contribution in [3.05, 3.63) is 102 Å². The van der Waals surface area contributed by atoms with Gasteiger partial charge in [-0.1, -0.05) is 60.7 Å². The fourth-order valence-corrected chi connectivity index (χ4v) is 5.96. The molecule has 2 aliphatic rings. The molecule has 5 aromatic rings. The van der Waals surface area contributed by atoms with Gasteiger partial charge in [0.15, 0.2) is 11.5 Å². The third kappa shape index (κ3) is 5.07. The Morgan fingerprint density at radius 2 is 1.13 bits per heavy atom. The quantitative estimate of drug-likeness (QED) is 0.330. The molecule has 7 nitrogen and oxygen atoms in total. The van der Waals surface area contributed by atoms with Crippen molar-refractivity contribution in [3.63, 3.8) is 0 Å². The Kier molecular flexibility index (Phi) is 6.60. The summed E-state index contributed by atoms with van der Waals surface area (Å²) in [5.41, 5.74) is 5.78. The third-order valence-electron chi connectivity index (χ3n) is 8.14. The highest BCUT2D eigenvalue weighted by Crippen LogP contribution is 2.27. The molecule has 3 aromatic heterocycles. The van der Waals surface area contributed by atoms with Crippen LogP contribution in [0, 0.1) is 0 Å². The maximum absolute atomic E-state index is 5.15. The van der Waals surface area contributed by atoms with Crippen molar-refractivity contribution in [1.29, 1.82) is 0 Å². The molecule has 0 spiro atoms. The van der Waals surface area contributed by atoms with E-state index in [1.165, 1.54) is 11.1 Å². The molecule has 7 heteroatoms. The molecule has 2 aliphatic heterocycles. The van der Waals surface area contributed by atoms with Crippen molar-refractivity contribution in [3.8, 4) is 0 Å². The highest BCUT2D eigenvalue weighted by molar-refractivity contribution is 5.83. The molecule has 0 amide bonds. The van der Waals surface area contributed by atoms with Gasteiger partial charge in [0, 0.05) is 71.6 Å². The molecule has 2 fully saturated rings. The van der Waals surface area contributed by atoms with Gasteiger partial charge in [0.05, 0.1) is 5.52 Å². The third-order valence-corrected chi connectivity index (χ3v) is 8.14. The molecule has 0 bridgehead atoms. The molecule has 0 N–H and O–H groups in total. The zero-order valence-corrected chi connectivity index (χ0v) is 22.4. The average Bonchev–Trinajstić information content (AvgIpc) is 3.49. The molecule has 0 aliphatic carbocycles. The number of rotatable bonds is 6. The second kappa shape index (κ2) is 10.7. The van der Waals surface area contributed by atoms with Crippen molar-refractivity contribution >= 4 is 28.3 Å². The van der Waals surface area contributed by atoms with Crippen LogP contribution in [0.25, 0.3) is 16.7 Å². The second-order valence-electron chi connectivity index (χ2n) is 10.7. The van der Waals surface area contributed by atoms with Gasteiger partial charge in [-0.05, 0) is 35.4 Å². The summed E-state index contributed by atoms with van der Waals surface area (Å²) < 4.78 is 2.23. The fourth-order valence-electron chi connectivity index (χ4n) is 5.96. The summed E-state index contributed by atoms with van der Waals surface area (Å²) in [4.78, 5) is 20.2. The summed E-state index contributed by atoms with van der Waals surface area (Å²) in [5.74, 6) is 2.11. The average molecular weight is 518 g/mol. The summed E-state index contributed by atoms with van der Waals surface area (Å²) in [6.45, 7) is 10.1. The number of aromatic nitrogens is 3. The van der Waals surface area contributed by atoms with Crippen molar-refractivity contribution in [1.82, 2.24) is 24.2 Å². The Hall–Kier alpha value is -3.94. The molecule has 0 unspecified atom stereocenters. The number of pyridine rings is 1. The van der Waals surface area contributed by atoms with Gasteiger partial charge in [-0.3, -0.25) is 14.2 Å². The Bertz CT molecular complexity index is 1530. The van der Waals surface area contributed by atoms with Gasteiger partial charge < -0.3 is 9.80 Å². The number of piperazine rings is 2. The van der Waals surface area contributed by atoms with E-state index in [4.69, 9.17) is 9.97 Å². The topological polar surface area (TPSA) is 43.2 Å². The Labute approximate surface area is 229 Å². The van der Waals surface area contributed by atoms with Crippen LogP contribution in [0.3, 0.4) is 0 Å². The van der Waals surface area contributed by atoms with Gasteiger partial charge in [0.25, 0.3) is 0 Å². The molecule has 198 valence electrons. The minimum atomic E-state index is 0.936. The zero-order chi connectivity index (χ0) is 26.0. The fraction of sp³-hybridized carbons (Fsp3) is 0.312. The van der Waals surface area contributed by atoms with Gasteiger partial charge in [-0.15, -0.1) is 0 Å². The lowest BCUT2D eigenvalue weighted by Gasteiger charge is -2.36. The highest BCUT2D eigenvalue weighted by Gasteiger charge is 2.23. The van der Waals surface area contributed by atoms with Crippen LogP contribution in [0.2, 0.25) is 0 Å². The number of hydrogen-bond acceptors (Lipinski definition) is 6. The van der Waals surface area contributed by atoms with Crippen molar-refractivity contribution < 1.29 is 0 Å². The van der Waals surface area contributed by atoms with E-state index in [-0.39, 0.29) is 0 Å². The van der Waals surface area contributed by atoms with Crippen molar-refractivity contribution in [2.75, 3.05) is 62.2 Å². The zero-order valence-electron chi connectivity index (χ0n) is 22.4. The molecular formula is C32H35N7. The smallest absolute Gasteiger partial charge is 0.165 e. The lowest BCUT2D eigenvalue weighted by atomic mass is 10.2. The predicted octanol–water partition coefficient (Wildman–Crippen LogP) is 4.53. The van der Waals surface area contributed by atoms with Gasteiger partial charge >= 0.3 is 0 Å². The summed E-state index contributed by atoms with van der Waals surface area (Å²) in [5, 5.41) is 0. The summed E-state index contributed by atoms with van der Waals surface area (Å²) in [6.07, 6.45) is 2.13. The van der Waals surface area contributed by atoms with Crippen molar-refractivity contribution in [2.45, 2.75) is 13.1 Å². The minimum Gasteiger partial charge on any atom is -0.354 e. The number of benzene rings is 2. The van der Waals surface area contributed by atoms with Gasteiger partial charge in [-0.25, -0.2) is 9.97 Å². The SMILES string of the molecule is c1ccc(CN2CCN(c3ccc4nc(N5CCN(Cc6ccccc6)CC5)c5cccn5c4n3)CC2)cc1. The number of anilines is 2. The van der Waals surface area contributed by atoms with E-state index < -0.39 is 0 Å². The van der Waals surface area contributed by atoms with Crippen LogP contribution >= 0.6 is 0 Å². The maximum atomic E-state index is 5.15. The van der Waals surface area contributed by atoms with Crippen LogP contribution in [0.1, 0.15) is 11.1 Å². The van der Waals surface area contributed by atoms with E-state index in [2.05, 4.69) is 115 Å². The lowest BCUT2D eigenvalue weighted by molar-refractivity contribution is 0.249. The Balaban J connectivity index is 1.06. The van der Waals surface area contributed by atoms with Crippen LogP contribution in [0.15, 0.2) is 91.1 Å². The van der Waals surface area contributed by atoms with Crippen molar-refractivity contribution in [2.24, 2.45) is 0 Å². The van der Waals surface area contributed by atoms with E-state index in [0.29, 0.717) is 0 Å². The van der Waals surface area contributed by atoms with Crippen LogP contribution < -0.4 is 9.80 Å². The lowest BCUT2D eigenvalue weighted by Crippen LogP contribution is -2.46. The molecule has 2 saturated heterocycles. The van der Waals surface area contributed by atoms with Gasteiger partial charge in [0.1, 0.15) is 11.3 Å². The van der Waals surface area contributed by atoms with Crippen LogP contribution in [0.5, 0.6) is 0 Å². The molecular weight excluding hydrogens is 482 g/mol. The predicted molar refractivity (Wildman–Crippen MR) is 158 cm³/mol. The first-order chi connectivity index (χ1) is 19.3. The van der Waals surface area contributed by atoms with E-state index in [0.717, 1.165) is 93.8 Å². The molecule has 5 heterocycles. The molecule has 39 heavy (non-hydrogen) atoms. The highest BCUT2D eigenvalue weighted by atomic mass is 15.3. The van der Waals surface area contributed by atoms with E-state index in [9.17, 15) is 0 Å². The molecule has 7 rings (SSSR count). The van der Waals surface area contributed by atoms with E-state index in [1.807, 2.05) is 0 Å². The largest absolute Gasteiger partial charge is 0.354 e. The van der Waals surface area contributed by atoms with Crippen LogP contribution in [-0.2, 0) is 13.1 Å². The number of hydrogen-bond donors (Lipinski definition) is 0. The second-order valence-corrected chi connectivity index (χ2v) is 10.7. The van der Waals surface area contributed by atoms with E-state index in [1.54, 1.807) is 0 Å². The molecule has 0 atom stereocenters. The van der Waals surface area contributed by atoms with Crippen LogP contribution in [-0.4, -0.2) is 76.5 Å². The summed E-state index contributed by atoms with van der Waals surface area (Å²) in [7, 11) is 0. The van der Waals surface area contributed by atoms with E-state index >= 15 is 0 Å². The summed E-state index contributed by atoms with van der Waals surface area (Å²) in [6, 6.07) is 30.1. The minimum absolute atomic E-state index is 0.936. The normalized spacial score (nSPS) is 17.3. The summed E-state index contributed by atoms with van der Waals surface area (Å²) >= 11 is 0. The standard InChI is InChI=1S/C32H35N7/c1-3-8-26(9-4-1)24-35-16-20-37(21-17-35)30-14-13-28-31(34-30)39-15-7-12-29(39)32(33-28)38-22-18-36(19-23-38)25-27-10-5-2-6-11-27/h1-15H,16-25H2. The maximum Gasteiger partial charge on any atom is 0.165 e. The molecule has 2 aromatic carbocycles. The van der Waals surface area contributed by atoms with Gasteiger partial charge in [0.2, 0.25) is 0 Å². The van der Waals surface area contributed by atoms with Gasteiger partial charge in [-0.2, -0.15) is 0 Å². The first-order valence-electron chi connectivity index (χ1n) is 14.1. The Morgan fingerprint density at radius 3 is 1.74 bits per heavy atom. The number of fused-ring (bicyclic) bond motifs is 3. The molecule has 0 radical (unpaired) electrons. The van der Waals surface area contributed by atoms with Crippen LogP contribution in [0.4, 0.5) is 11.6 Å². The Morgan fingerprint density at radius 1 is 0.538 bits per heavy atom. The number of nitrogens with zero attached hydrogens (tertiary/aromatic N) is 7. The first kappa shape index (κ1) is 24.1.